The van der Waals surface area contributed by atoms with E-state index in [1.165, 1.54) is 12.1 Å². The molecule has 0 unspecified atom stereocenters. The van der Waals surface area contributed by atoms with E-state index in [0.29, 0.717) is 5.69 Å². The van der Waals surface area contributed by atoms with Crippen LogP contribution in [-0.2, 0) is 9.53 Å². The first-order chi connectivity index (χ1) is 14.0. The number of ether oxygens (including phenoxy) is 1. The molecular formula is C21H25N3O5. The number of benzene rings is 2. The summed E-state index contributed by atoms with van der Waals surface area (Å²) in [5, 5.41) is 21.6. The number of nitrogens with zero attached hydrogens (tertiary/aromatic N) is 2. The lowest BCUT2D eigenvalue weighted by Crippen LogP contribution is -2.46. The zero-order valence-corrected chi connectivity index (χ0v) is 16.3. The van der Waals surface area contributed by atoms with Crippen molar-refractivity contribution in [2.75, 3.05) is 49.5 Å². The van der Waals surface area contributed by atoms with Gasteiger partial charge in [0.2, 0.25) is 0 Å². The number of esters is 1. The van der Waals surface area contributed by atoms with E-state index in [1.807, 2.05) is 24.3 Å². The molecule has 1 saturated heterocycles. The summed E-state index contributed by atoms with van der Waals surface area (Å²) in [7, 11) is 0. The molecule has 8 nitrogen and oxygen atoms in total. The quantitative estimate of drug-likeness (QED) is 0.639. The first-order valence-electron chi connectivity index (χ1n) is 9.52. The summed E-state index contributed by atoms with van der Waals surface area (Å²) in [6, 6.07) is 11.0. The van der Waals surface area contributed by atoms with Gasteiger partial charge in [-0.3, -0.25) is 4.79 Å². The highest BCUT2D eigenvalue weighted by Gasteiger charge is 2.17. The standard InChI is InChI=1S/C21H25N3O5/c1-2-23-9-11-24(12-10-23)16-5-3-15(4-6-16)22-20(27)14-29-21(28)18-8-7-17(25)13-19(18)26/h3-8,13,25-26H,2,9-12,14H2,1H3,(H,22,27). The van der Waals surface area contributed by atoms with Crippen LogP contribution in [-0.4, -0.2) is 66.3 Å². The van der Waals surface area contributed by atoms with Crippen LogP contribution >= 0.6 is 0 Å². The Balaban J connectivity index is 1.48. The number of phenols is 2. The number of hydrogen-bond acceptors (Lipinski definition) is 7. The van der Waals surface area contributed by atoms with Gasteiger partial charge in [-0.25, -0.2) is 4.79 Å². The summed E-state index contributed by atoms with van der Waals surface area (Å²) in [6.07, 6.45) is 0. The lowest BCUT2D eigenvalue weighted by molar-refractivity contribution is -0.119. The van der Waals surface area contributed by atoms with Crippen LogP contribution in [0.4, 0.5) is 11.4 Å². The van der Waals surface area contributed by atoms with E-state index in [0.717, 1.165) is 44.5 Å². The Hall–Kier alpha value is -3.26. The summed E-state index contributed by atoms with van der Waals surface area (Å²) >= 11 is 0. The molecule has 2 aromatic rings. The van der Waals surface area contributed by atoms with Crippen LogP contribution in [0.15, 0.2) is 42.5 Å². The highest BCUT2D eigenvalue weighted by atomic mass is 16.5. The number of anilines is 2. The lowest BCUT2D eigenvalue weighted by atomic mass is 10.2. The minimum atomic E-state index is -0.848. The highest BCUT2D eigenvalue weighted by Crippen LogP contribution is 2.23. The van der Waals surface area contributed by atoms with E-state index >= 15 is 0 Å². The summed E-state index contributed by atoms with van der Waals surface area (Å²) in [5.74, 6) is -1.92. The number of hydrogen-bond donors (Lipinski definition) is 3. The van der Waals surface area contributed by atoms with Gasteiger partial charge in [-0.2, -0.15) is 0 Å². The largest absolute Gasteiger partial charge is 0.508 e. The molecule has 1 fully saturated rings. The Kier molecular flexibility index (Phi) is 6.56. The zero-order valence-electron chi connectivity index (χ0n) is 16.3. The van der Waals surface area contributed by atoms with E-state index in [2.05, 4.69) is 22.0 Å². The molecule has 3 N–H and O–H groups in total. The molecule has 0 bridgehead atoms. The van der Waals surface area contributed by atoms with Gasteiger partial charge in [-0.15, -0.1) is 0 Å². The molecule has 1 aliphatic heterocycles. The van der Waals surface area contributed by atoms with Crippen molar-refractivity contribution >= 4 is 23.3 Å². The Morgan fingerprint density at radius 2 is 1.72 bits per heavy atom. The van der Waals surface area contributed by atoms with Crippen molar-refractivity contribution in [1.82, 2.24) is 4.90 Å². The zero-order chi connectivity index (χ0) is 20.8. The van der Waals surface area contributed by atoms with Crippen LogP contribution in [0.25, 0.3) is 0 Å². The van der Waals surface area contributed by atoms with Crippen molar-refractivity contribution in [2.45, 2.75) is 6.92 Å². The normalized spacial score (nSPS) is 14.4. The molecule has 2 aromatic carbocycles. The second kappa shape index (κ2) is 9.29. The van der Waals surface area contributed by atoms with Gasteiger partial charge in [0.25, 0.3) is 5.91 Å². The molecule has 29 heavy (non-hydrogen) atoms. The van der Waals surface area contributed by atoms with Crippen molar-refractivity contribution in [3.05, 3.63) is 48.0 Å². The maximum Gasteiger partial charge on any atom is 0.342 e. The van der Waals surface area contributed by atoms with Crippen LogP contribution in [0.5, 0.6) is 11.5 Å². The second-order valence-electron chi connectivity index (χ2n) is 6.79. The Labute approximate surface area is 169 Å². The third-order valence-electron chi connectivity index (χ3n) is 4.87. The molecule has 0 atom stereocenters. The maximum absolute atomic E-state index is 12.0. The minimum Gasteiger partial charge on any atom is -0.508 e. The van der Waals surface area contributed by atoms with Crippen LogP contribution in [0, 0.1) is 0 Å². The van der Waals surface area contributed by atoms with Gasteiger partial charge in [-0.1, -0.05) is 6.92 Å². The molecule has 1 aliphatic rings. The maximum atomic E-state index is 12.0. The van der Waals surface area contributed by atoms with Gasteiger partial charge in [0.05, 0.1) is 0 Å². The molecule has 0 spiro atoms. The van der Waals surface area contributed by atoms with Crippen molar-refractivity contribution in [2.24, 2.45) is 0 Å². The third kappa shape index (κ3) is 5.39. The van der Waals surface area contributed by atoms with Gasteiger partial charge >= 0.3 is 5.97 Å². The number of rotatable bonds is 6. The predicted octanol–water partition coefficient (Wildman–Crippen LogP) is 2.04. The number of likely N-dealkylation sites (N-methyl/N-ethyl adjacent to an activating group) is 1. The van der Waals surface area contributed by atoms with Crippen molar-refractivity contribution in [1.29, 1.82) is 0 Å². The van der Waals surface area contributed by atoms with Crippen LogP contribution in [0.1, 0.15) is 17.3 Å². The molecule has 0 aromatic heterocycles. The summed E-state index contributed by atoms with van der Waals surface area (Å²) in [5.41, 5.74) is 1.59. The van der Waals surface area contributed by atoms with E-state index in [-0.39, 0.29) is 11.3 Å². The third-order valence-corrected chi connectivity index (χ3v) is 4.87. The average Bonchev–Trinajstić information content (AvgIpc) is 2.73. The number of phenolic OH excluding ortho intramolecular Hbond substituents is 2. The van der Waals surface area contributed by atoms with Gasteiger partial charge in [0.1, 0.15) is 17.1 Å². The molecule has 0 saturated carbocycles. The van der Waals surface area contributed by atoms with Gasteiger partial charge in [0, 0.05) is 43.6 Å². The van der Waals surface area contributed by atoms with E-state index < -0.39 is 24.2 Å². The predicted molar refractivity (Wildman–Crippen MR) is 109 cm³/mol. The van der Waals surface area contributed by atoms with Crippen molar-refractivity contribution < 1.29 is 24.5 Å². The van der Waals surface area contributed by atoms with Crippen LogP contribution in [0.2, 0.25) is 0 Å². The number of carbonyl (C=O) groups is 2. The van der Waals surface area contributed by atoms with E-state index in [4.69, 9.17) is 4.74 Å². The minimum absolute atomic E-state index is 0.122. The van der Waals surface area contributed by atoms with Gasteiger partial charge < -0.3 is 30.1 Å². The molecule has 1 amide bonds. The molecular weight excluding hydrogens is 374 g/mol. The molecule has 1 heterocycles. The number of aromatic hydroxyl groups is 2. The number of amides is 1. The first kappa shape index (κ1) is 20.5. The number of piperazine rings is 1. The molecule has 154 valence electrons. The SMILES string of the molecule is CCN1CCN(c2ccc(NC(=O)COC(=O)c3ccc(O)cc3O)cc2)CC1. The lowest BCUT2D eigenvalue weighted by Gasteiger charge is -2.35. The van der Waals surface area contributed by atoms with Gasteiger partial charge in [-0.05, 0) is 42.9 Å². The monoisotopic (exact) mass is 399 g/mol. The molecule has 0 radical (unpaired) electrons. The van der Waals surface area contributed by atoms with Gasteiger partial charge in [0.15, 0.2) is 6.61 Å². The number of carbonyl (C=O) groups excluding carboxylic acids is 2. The van der Waals surface area contributed by atoms with Crippen molar-refractivity contribution in [3.63, 3.8) is 0 Å². The Morgan fingerprint density at radius 3 is 2.34 bits per heavy atom. The second-order valence-corrected chi connectivity index (χ2v) is 6.79. The molecule has 3 rings (SSSR count). The Bertz CT molecular complexity index is 861. The smallest absolute Gasteiger partial charge is 0.342 e. The van der Waals surface area contributed by atoms with Crippen molar-refractivity contribution in [3.8, 4) is 11.5 Å². The first-order valence-corrected chi connectivity index (χ1v) is 9.52. The van der Waals surface area contributed by atoms with Crippen LogP contribution < -0.4 is 10.2 Å². The van der Waals surface area contributed by atoms with E-state index in [1.54, 1.807) is 0 Å². The molecule has 0 aliphatic carbocycles. The topological polar surface area (TPSA) is 102 Å². The fourth-order valence-corrected chi connectivity index (χ4v) is 3.18. The average molecular weight is 399 g/mol. The highest BCUT2D eigenvalue weighted by molar-refractivity contribution is 5.96. The summed E-state index contributed by atoms with van der Waals surface area (Å²) < 4.78 is 4.92. The fraction of sp³-hybridized carbons (Fsp3) is 0.333. The molecule has 8 heteroatoms. The number of nitrogens with one attached hydrogen (secondary N) is 1. The Morgan fingerprint density at radius 1 is 1.03 bits per heavy atom. The van der Waals surface area contributed by atoms with Crippen LogP contribution in [0.3, 0.4) is 0 Å². The van der Waals surface area contributed by atoms with E-state index in [9.17, 15) is 19.8 Å². The fourth-order valence-electron chi connectivity index (χ4n) is 3.18. The summed E-state index contributed by atoms with van der Waals surface area (Å²) in [4.78, 5) is 28.7. The summed E-state index contributed by atoms with van der Waals surface area (Å²) in [6.45, 7) is 6.76.